The van der Waals surface area contributed by atoms with Gasteiger partial charge in [-0.1, -0.05) is 13.8 Å². The minimum atomic E-state index is -3.64. The molecule has 1 heterocycles. The van der Waals surface area contributed by atoms with Gasteiger partial charge in [0.1, 0.15) is 5.75 Å². The van der Waals surface area contributed by atoms with Crippen molar-refractivity contribution >= 4 is 16.0 Å². The molecule has 122 valence electrons. The molecule has 0 amide bonds. The Labute approximate surface area is 131 Å². The van der Waals surface area contributed by atoms with Crippen molar-refractivity contribution in [2.24, 2.45) is 10.9 Å². The van der Waals surface area contributed by atoms with Crippen LogP contribution in [0.3, 0.4) is 0 Å². The number of methoxy groups -OCH3 is 1. The van der Waals surface area contributed by atoms with Crippen molar-refractivity contribution in [2.45, 2.75) is 18.7 Å². The number of guanidine groups is 1. The van der Waals surface area contributed by atoms with E-state index in [1.165, 1.54) is 19.2 Å². The molecule has 0 aliphatic carbocycles. The maximum absolute atomic E-state index is 12.3. The van der Waals surface area contributed by atoms with Crippen LogP contribution in [-0.4, -0.2) is 46.3 Å². The molecule has 22 heavy (non-hydrogen) atoms. The molecule has 0 bridgehead atoms. The van der Waals surface area contributed by atoms with Crippen LogP contribution in [0.15, 0.2) is 34.2 Å². The molecule has 0 radical (unpaired) electrons. The Morgan fingerprint density at radius 1 is 1.36 bits per heavy atom. The molecule has 8 heteroatoms. The number of aliphatic imine (C=N–C) groups is 1. The van der Waals surface area contributed by atoms with E-state index in [0.717, 1.165) is 6.54 Å². The fourth-order valence-electron chi connectivity index (χ4n) is 2.11. The first kappa shape index (κ1) is 16.6. The van der Waals surface area contributed by atoms with Gasteiger partial charge in [0.05, 0.1) is 25.3 Å². The number of nitrogens with zero attached hydrogens (tertiary/aromatic N) is 2. The summed E-state index contributed by atoms with van der Waals surface area (Å²) in [4.78, 5) is 6.50. The first-order valence-electron chi connectivity index (χ1n) is 7.08. The van der Waals surface area contributed by atoms with Gasteiger partial charge in [0, 0.05) is 6.54 Å². The molecule has 1 aliphatic rings. The molecule has 1 aliphatic heterocycles. The molecule has 7 nitrogen and oxygen atoms in total. The van der Waals surface area contributed by atoms with Crippen molar-refractivity contribution in [2.75, 3.05) is 27.0 Å². The smallest absolute Gasteiger partial charge is 0.264 e. The molecule has 0 atom stereocenters. The maximum atomic E-state index is 12.3. The zero-order valence-electron chi connectivity index (χ0n) is 13.0. The van der Waals surface area contributed by atoms with Crippen LogP contribution in [0, 0.1) is 5.92 Å². The third-order valence-corrected chi connectivity index (χ3v) is 4.48. The van der Waals surface area contributed by atoms with E-state index in [4.69, 9.17) is 4.74 Å². The Morgan fingerprint density at radius 2 is 2.05 bits per heavy atom. The molecule has 1 aromatic rings. The lowest BCUT2D eigenvalue weighted by Crippen LogP contribution is -2.50. The van der Waals surface area contributed by atoms with E-state index in [1.807, 2.05) is 0 Å². The largest absolute Gasteiger partial charge is 0.497 e. The van der Waals surface area contributed by atoms with Crippen LogP contribution < -0.4 is 14.8 Å². The second kappa shape index (κ2) is 6.97. The van der Waals surface area contributed by atoms with Crippen molar-refractivity contribution in [3.05, 3.63) is 24.3 Å². The molecule has 0 saturated carbocycles. The summed E-state index contributed by atoms with van der Waals surface area (Å²) in [5.74, 6) is 1.42. The molecule has 1 aromatic carbocycles. The van der Waals surface area contributed by atoms with Crippen molar-refractivity contribution in [3.63, 3.8) is 0 Å². The molecular formula is C14H22N4O3S. The van der Waals surface area contributed by atoms with Crippen molar-refractivity contribution in [1.82, 2.24) is 14.9 Å². The Morgan fingerprint density at radius 3 is 2.55 bits per heavy atom. The normalized spacial score (nSPS) is 16.1. The van der Waals surface area contributed by atoms with E-state index >= 15 is 0 Å². The van der Waals surface area contributed by atoms with Crippen LogP contribution in [0.4, 0.5) is 0 Å². The van der Waals surface area contributed by atoms with Crippen LogP contribution in [-0.2, 0) is 10.0 Å². The highest BCUT2D eigenvalue weighted by Gasteiger charge is 2.19. The Bertz CT molecular complexity index is 626. The molecule has 2 rings (SSSR count). The number of hydrogen-bond donors (Lipinski definition) is 2. The van der Waals surface area contributed by atoms with Crippen LogP contribution in [0.5, 0.6) is 5.75 Å². The molecule has 0 fully saturated rings. The summed E-state index contributed by atoms with van der Waals surface area (Å²) in [6.45, 7) is 6.22. The fraction of sp³-hybridized carbons (Fsp3) is 0.500. The van der Waals surface area contributed by atoms with Crippen LogP contribution in [0.2, 0.25) is 0 Å². The second-order valence-corrected chi connectivity index (χ2v) is 7.19. The van der Waals surface area contributed by atoms with E-state index in [-0.39, 0.29) is 10.9 Å². The number of sulfonamides is 1. The average molecular weight is 326 g/mol. The highest BCUT2D eigenvalue weighted by atomic mass is 32.2. The third-order valence-electron chi connectivity index (χ3n) is 3.12. The Kier molecular flexibility index (Phi) is 5.25. The first-order chi connectivity index (χ1) is 10.4. The number of ether oxygens (including phenoxy) is 1. The van der Waals surface area contributed by atoms with Gasteiger partial charge in [-0.3, -0.25) is 4.90 Å². The summed E-state index contributed by atoms with van der Waals surface area (Å²) < 4.78 is 32.0. The molecule has 0 unspecified atom stereocenters. The standard InChI is InChI=1S/C14H22N4O3S/c1-11(2)8-18-9-15-14(16-10-18)17-22(19,20)13-6-4-12(21-3)5-7-13/h4-7,11H,8-10H2,1-3H3,(H2,15,16,17). The lowest BCUT2D eigenvalue weighted by Gasteiger charge is -2.28. The molecule has 2 N–H and O–H groups in total. The summed E-state index contributed by atoms with van der Waals surface area (Å²) >= 11 is 0. The molecule has 0 spiro atoms. The quantitative estimate of drug-likeness (QED) is 0.836. The van der Waals surface area contributed by atoms with Crippen molar-refractivity contribution in [1.29, 1.82) is 0 Å². The monoisotopic (exact) mass is 326 g/mol. The maximum Gasteiger partial charge on any atom is 0.264 e. The second-order valence-electron chi connectivity index (χ2n) is 5.51. The zero-order valence-corrected chi connectivity index (χ0v) is 13.9. The first-order valence-corrected chi connectivity index (χ1v) is 8.56. The SMILES string of the molecule is COc1ccc(S(=O)(=O)NC2=NCN(CC(C)C)CN2)cc1. The topological polar surface area (TPSA) is 83.0 Å². The number of hydrogen-bond acceptors (Lipinski definition) is 6. The predicted molar refractivity (Wildman–Crippen MR) is 85.2 cm³/mol. The van der Waals surface area contributed by atoms with Gasteiger partial charge in [-0.2, -0.15) is 0 Å². The Hall–Kier alpha value is -1.80. The minimum Gasteiger partial charge on any atom is -0.497 e. The minimum absolute atomic E-state index is 0.169. The summed E-state index contributed by atoms with van der Waals surface area (Å²) in [5.41, 5.74) is 0. The zero-order chi connectivity index (χ0) is 16.2. The van der Waals surface area contributed by atoms with Crippen LogP contribution in [0.25, 0.3) is 0 Å². The van der Waals surface area contributed by atoms with E-state index in [0.29, 0.717) is 25.0 Å². The highest BCUT2D eigenvalue weighted by molar-refractivity contribution is 7.90. The molecule has 0 aromatic heterocycles. The molecule has 0 saturated heterocycles. The number of rotatable bonds is 5. The lowest BCUT2D eigenvalue weighted by molar-refractivity contribution is 0.235. The van der Waals surface area contributed by atoms with E-state index in [9.17, 15) is 8.42 Å². The van der Waals surface area contributed by atoms with Crippen LogP contribution >= 0.6 is 0 Å². The predicted octanol–water partition coefficient (Wildman–Crippen LogP) is 0.806. The third kappa shape index (κ3) is 4.35. The van der Waals surface area contributed by atoms with E-state index in [1.54, 1.807) is 12.1 Å². The van der Waals surface area contributed by atoms with Crippen molar-refractivity contribution < 1.29 is 13.2 Å². The van der Waals surface area contributed by atoms with Gasteiger partial charge in [-0.05, 0) is 30.2 Å². The van der Waals surface area contributed by atoms with Gasteiger partial charge < -0.3 is 10.1 Å². The van der Waals surface area contributed by atoms with Gasteiger partial charge in [0.2, 0.25) is 5.96 Å². The van der Waals surface area contributed by atoms with Gasteiger partial charge in [-0.25, -0.2) is 18.1 Å². The van der Waals surface area contributed by atoms with Crippen molar-refractivity contribution in [3.8, 4) is 5.75 Å². The van der Waals surface area contributed by atoms with E-state index < -0.39 is 10.0 Å². The summed E-state index contributed by atoms with van der Waals surface area (Å²) in [5, 5.41) is 2.98. The number of nitrogens with one attached hydrogen (secondary N) is 2. The summed E-state index contributed by atoms with van der Waals surface area (Å²) in [6, 6.07) is 6.20. The van der Waals surface area contributed by atoms with Gasteiger partial charge >= 0.3 is 0 Å². The average Bonchev–Trinajstić information content (AvgIpc) is 2.48. The van der Waals surface area contributed by atoms with E-state index in [2.05, 4.69) is 33.8 Å². The lowest BCUT2D eigenvalue weighted by atomic mass is 10.2. The van der Waals surface area contributed by atoms with Crippen LogP contribution in [0.1, 0.15) is 13.8 Å². The molecular weight excluding hydrogens is 304 g/mol. The van der Waals surface area contributed by atoms with Gasteiger partial charge in [0.15, 0.2) is 0 Å². The van der Waals surface area contributed by atoms with Gasteiger partial charge in [-0.15, -0.1) is 0 Å². The number of benzene rings is 1. The summed E-state index contributed by atoms with van der Waals surface area (Å²) in [6.07, 6.45) is 0. The fourth-order valence-corrected chi connectivity index (χ4v) is 3.11. The van der Waals surface area contributed by atoms with Gasteiger partial charge in [0.25, 0.3) is 10.0 Å². The highest BCUT2D eigenvalue weighted by Crippen LogP contribution is 2.15. The summed E-state index contributed by atoms with van der Waals surface area (Å²) in [7, 11) is -2.11. The Balaban J connectivity index is 2.01.